The fraction of sp³-hybridized carbons (Fsp3) is 0.364. The van der Waals surface area contributed by atoms with Gasteiger partial charge in [-0.3, -0.25) is 0 Å². The summed E-state index contributed by atoms with van der Waals surface area (Å²) >= 11 is 0. The maximum atomic E-state index is 6.76. The second-order valence-corrected chi connectivity index (χ2v) is 2.73. The number of rotatable bonds is 4. The van der Waals surface area contributed by atoms with Crippen LogP contribution >= 0.6 is 0 Å². The minimum Gasteiger partial charge on any atom is -0.493 e. The molecule has 1 aromatic rings. The molecule has 14 heavy (non-hydrogen) atoms. The highest BCUT2D eigenvalue weighted by molar-refractivity contribution is 5.43. The Morgan fingerprint density at radius 2 is 2.14 bits per heavy atom. The first-order valence-electron chi connectivity index (χ1n) is 4.44. The molecule has 0 radical (unpaired) electrons. The van der Waals surface area contributed by atoms with Crippen molar-refractivity contribution < 1.29 is 9.47 Å². The van der Waals surface area contributed by atoms with Crippen LogP contribution in [0.15, 0.2) is 18.2 Å². The molecule has 0 heterocycles. The number of nitrogens with zero attached hydrogens (tertiary/aromatic N) is 1. The summed E-state index contributed by atoms with van der Waals surface area (Å²) in [5, 5.41) is 0. The van der Waals surface area contributed by atoms with E-state index in [1.165, 1.54) is 0 Å². The van der Waals surface area contributed by atoms with Crippen LogP contribution in [-0.4, -0.2) is 13.7 Å². The van der Waals surface area contributed by atoms with Gasteiger partial charge in [-0.2, -0.15) is 0 Å². The van der Waals surface area contributed by atoms with E-state index in [0.717, 1.165) is 11.3 Å². The van der Waals surface area contributed by atoms with Gasteiger partial charge in [-0.05, 0) is 25.1 Å². The molecule has 0 aliphatic carbocycles. The molecule has 0 aliphatic rings. The van der Waals surface area contributed by atoms with E-state index in [1.807, 2.05) is 25.1 Å². The summed E-state index contributed by atoms with van der Waals surface area (Å²) in [6.45, 7) is 9.67. The molecule has 0 unspecified atom stereocenters. The van der Waals surface area contributed by atoms with E-state index in [2.05, 4.69) is 4.85 Å². The highest BCUT2D eigenvalue weighted by Gasteiger charge is 2.05. The highest BCUT2D eigenvalue weighted by atomic mass is 16.5. The zero-order valence-electron chi connectivity index (χ0n) is 8.41. The number of benzene rings is 1. The molecule has 0 aromatic heterocycles. The molecule has 0 aliphatic heterocycles. The molecular weight excluding hydrogens is 178 g/mol. The summed E-state index contributed by atoms with van der Waals surface area (Å²) in [7, 11) is 1.60. The van der Waals surface area contributed by atoms with Crippen LogP contribution < -0.4 is 9.47 Å². The number of hydrogen-bond acceptors (Lipinski definition) is 2. The van der Waals surface area contributed by atoms with Gasteiger partial charge in [0, 0.05) is 5.56 Å². The average molecular weight is 191 g/mol. The molecule has 0 spiro atoms. The maximum absolute atomic E-state index is 6.76. The van der Waals surface area contributed by atoms with Gasteiger partial charge in [0.25, 0.3) is 0 Å². The number of ether oxygens (including phenoxy) is 2. The highest BCUT2D eigenvalue weighted by Crippen LogP contribution is 2.28. The Balaban J connectivity index is 2.94. The molecular formula is C11H13NO2. The molecule has 0 saturated carbocycles. The minimum absolute atomic E-state index is 0.378. The second kappa shape index (κ2) is 5.13. The van der Waals surface area contributed by atoms with Gasteiger partial charge in [0.05, 0.1) is 13.7 Å². The predicted octanol–water partition coefficient (Wildman–Crippen LogP) is 2.51. The van der Waals surface area contributed by atoms with Crippen LogP contribution in [0.4, 0.5) is 0 Å². The molecule has 0 saturated heterocycles. The van der Waals surface area contributed by atoms with E-state index in [-0.39, 0.29) is 0 Å². The van der Waals surface area contributed by atoms with Crippen LogP contribution in [0.1, 0.15) is 12.5 Å². The molecule has 0 amide bonds. The van der Waals surface area contributed by atoms with Gasteiger partial charge in [0.1, 0.15) is 0 Å². The normalized spacial score (nSPS) is 9.21. The van der Waals surface area contributed by atoms with Crippen LogP contribution in [0.5, 0.6) is 11.5 Å². The molecule has 0 N–H and O–H groups in total. The standard InChI is InChI=1S/C11H13NO2/c1-4-14-10-6-5-9(8-12-2)7-11(10)13-3/h5-7H,4,8H2,1,3H3. The third kappa shape index (κ3) is 2.40. The van der Waals surface area contributed by atoms with Gasteiger partial charge in [-0.1, -0.05) is 0 Å². The Hall–Kier alpha value is -1.69. The molecule has 1 rings (SSSR count). The van der Waals surface area contributed by atoms with Crippen LogP contribution in [0.25, 0.3) is 4.85 Å². The zero-order chi connectivity index (χ0) is 10.4. The van der Waals surface area contributed by atoms with Gasteiger partial charge in [-0.25, -0.2) is 6.57 Å². The van der Waals surface area contributed by atoms with Crippen LogP contribution in [0, 0.1) is 6.57 Å². The van der Waals surface area contributed by atoms with E-state index < -0.39 is 0 Å². The largest absolute Gasteiger partial charge is 0.493 e. The summed E-state index contributed by atoms with van der Waals surface area (Å²) in [6, 6.07) is 5.55. The first-order chi connectivity index (χ1) is 6.81. The maximum Gasteiger partial charge on any atom is 0.239 e. The lowest BCUT2D eigenvalue weighted by molar-refractivity contribution is 0.310. The van der Waals surface area contributed by atoms with Crippen molar-refractivity contribution in [3.05, 3.63) is 35.2 Å². The summed E-state index contributed by atoms with van der Waals surface area (Å²) in [4.78, 5) is 3.31. The van der Waals surface area contributed by atoms with E-state index in [0.29, 0.717) is 18.9 Å². The van der Waals surface area contributed by atoms with Crippen LogP contribution in [0.2, 0.25) is 0 Å². The third-order valence-electron chi connectivity index (χ3n) is 1.79. The Labute approximate surface area is 84.1 Å². The fourth-order valence-electron chi connectivity index (χ4n) is 1.18. The zero-order valence-corrected chi connectivity index (χ0v) is 8.41. The van der Waals surface area contributed by atoms with Crippen molar-refractivity contribution >= 4 is 0 Å². The Morgan fingerprint density at radius 1 is 1.36 bits per heavy atom. The minimum atomic E-state index is 0.378. The average Bonchev–Trinajstić information content (AvgIpc) is 2.21. The van der Waals surface area contributed by atoms with Gasteiger partial charge in [-0.15, -0.1) is 0 Å². The Kier molecular flexibility index (Phi) is 3.81. The third-order valence-corrected chi connectivity index (χ3v) is 1.79. The van der Waals surface area contributed by atoms with Gasteiger partial charge in [0.2, 0.25) is 6.54 Å². The fourth-order valence-corrected chi connectivity index (χ4v) is 1.18. The summed E-state index contributed by atoms with van der Waals surface area (Å²) in [5.41, 5.74) is 0.945. The van der Waals surface area contributed by atoms with Crippen molar-refractivity contribution in [2.24, 2.45) is 0 Å². The molecule has 0 fully saturated rings. The molecule has 0 bridgehead atoms. The first kappa shape index (κ1) is 10.4. The van der Waals surface area contributed by atoms with Crippen molar-refractivity contribution in [1.29, 1.82) is 0 Å². The Morgan fingerprint density at radius 3 is 2.71 bits per heavy atom. The van der Waals surface area contributed by atoms with E-state index in [1.54, 1.807) is 7.11 Å². The van der Waals surface area contributed by atoms with Crippen molar-refractivity contribution in [2.75, 3.05) is 13.7 Å². The molecule has 3 heteroatoms. The van der Waals surface area contributed by atoms with Crippen LogP contribution in [0.3, 0.4) is 0 Å². The SMILES string of the molecule is [C-]#[N+]Cc1ccc(OCC)c(OC)c1. The first-order valence-corrected chi connectivity index (χ1v) is 4.44. The summed E-state index contributed by atoms with van der Waals surface area (Å²) < 4.78 is 10.5. The quantitative estimate of drug-likeness (QED) is 0.682. The number of methoxy groups -OCH3 is 1. The van der Waals surface area contributed by atoms with Crippen molar-refractivity contribution in [1.82, 2.24) is 0 Å². The van der Waals surface area contributed by atoms with Crippen LogP contribution in [-0.2, 0) is 6.54 Å². The summed E-state index contributed by atoms with van der Waals surface area (Å²) in [6.07, 6.45) is 0. The van der Waals surface area contributed by atoms with Crippen molar-refractivity contribution in [3.63, 3.8) is 0 Å². The molecule has 74 valence electrons. The summed E-state index contributed by atoms with van der Waals surface area (Å²) in [5.74, 6) is 1.41. The lowest BCUT2D eigenvalue weighted by Gasteiger charge is -2.08. The molecule has 1 aromatic carbocycles. The molecule has 0 atom stereocenters. The smallest absolute Gasteiger partial charge is 0.239 e. The lowest BCUT2D eigenvalue weighted by Crippen LogP contribution is -1.95. The topological polar surface area (TPSA) is 22.8 Å². The number of hydrogen-bond donors (Lipinski definition) is 0. The monoisotopic (exact) mass is 191 g/mol. The van der Waals surface area contributed by atoms with Crippen molar-refractivity contribution in [2.45, 2.75) is 13.5 Å². The van der Waals surface area contributed by atoms with E-state index >= 15 is 0 Å². The lowest BCUT2D eigenvalue weighted by atomic mass is 10.2. The van der Waals surface area contributed by atoms with E-state index in [4.69, 9.17) is 16.0 Å². The van der Waals surface area contributed by atoms with Gasteiger partial charge in [0.15, 0.2) is 11.5 Å². The van der Waals surface area contributed by atoms with Crippen molar-refractivity contribution in [3.8, 4) is 11.5 Å². The van der Waals surface area contributed by atoms with Gasteiger partial charge >= 0.3 is 0 Å². The second-order valence-electron chi connectivity index (χ2n) is 2.73. The predicted molar refractivity (Wildman–Crippen MR) is 54.5 cm³/mol. The Bertz CT molecular complexity index is 342. The molecule has 3 nitrogen and oxygen atoms in total. The van der Waals surface area contributed by atoms with Gasteiger partial charge < -0.3 is 14.3 Å². The van der Waals surface area contributed by atoms with E-state index in [9.17, 15) is 0 Å².